The number of benzene rings is 2. The summed E-state index contributed by atoms with van der Waals surface area (Å²) in [6, 6.07) is 15.7. The van der Waals surface area contributed by atoms with Crippen LogP contribution in [0.4, 0.5) is 0 Å². The third-order valence-electron chi connectivity index (χ3n) is 7.80. The molecule has 0 amide bonds. The van der Waals surface area contributed by atoms with Crippen molar-refractivity contribution in [3.05, 3.63) is 105 Å². The lowest BCUT2D eigenvalue weighted by Crippen LogP contribution is -2.06. The summed E-state index contributed by atoms with van der Waals surface area (Å²) in [5, 5.41) is 10.1. The highest BCUT2D eigenvalue weighted by Gasteiger charge is 2.21. The zero-order chi connectivity index (χ0) is 34.2. The number of aromatic nitrogens is 1. The van der Waals surface area contributed by atoms with Crippen molar-refractivity contribution in [3.8, 4) is 45.5 Å². The first-order valence-corrected chi connectivity index (χ1v) is 17.5. The summed E-state index contributed by atoms with van der Waals surface area (Å²) < 4.78 is 25.5. The van der Waals surface area contributed by atoms with E-state index < -0.39 is 0 Å². The topological polar surface area (TPSA) is 70.0 Å². The van der Waals surface area contributed by atoms with Crippen LogP contribution in [0, 0.1) is 0 Å². The Morgan fingerprint density at radius 3 is 1.23 bits per heavy atom. The number of pyridine rings is 1. The highest BCUT2D eigenvalue weighted by atomic mass is 16.5. The maximum Gasteiger partial charge on any atom is 0.132 e. The summed E-state index contributed by atoms with van der Waals surface area (Å²) in [5.41, 5.74) is 3.74. The molecule has 0 unspecified atom stereocenters. The van der Waals surface area contributed by atoms with E-state index in [0.29, 0.717) is 43.6 Å². The average Bonchev–Trinajstić information content (AvgIpc) is 3.11. The molecule has 3 aromatic rings. The monoisotopic (exact) mass is 653 g/mol. The Hall–Kier alpha value is -4.29. The second-order valence-corrected chi connectivity index (χ2v) is 11.7. The molecule has 6 nitrogen and oxygen atoms in total. The lowest BCUT2D eigenvalue weighted by atomic mass is 10.0. The Kier molecular flexibility index (Phi) is 18.4. The van der Waals surface area contributed by atoms with Crippen LogP contribution in [-0.2, 0) is 6.61 Å². The molecule has 0 atom stereocenters. The summed E-state index contributed by atoms with van der Waals surface area (Å²) in [6.07, 6.45) is 19.1. The molecular formula is C42H55NO5. The second kappa shape index (κ2) is 23.1. The van der Waals surface area contributed by atoms with E-state index in [9.17, 15) is 5.11 Å². The molecule has 0 aliphatic carbocycles. The largest absolute Gasteiger partial charge is 0.493 e. The minimum absolute atomic E-state index is 0.127. The maximum atomic E-state index is 10.1. The van der Waals surface area contributed by atoms with Crippen molar-refractivity contribution in [2.45, 2.75) is 83.7 Å². The third kappa shape index (κ3) is 12.7. The molecule has 1 N–H and O–H groups in total. The van der Waals surface area contributed by atoms with Crippen LogP contribution in [-0.4, -0.2) is 36.5 Å². The molecule has 0 saturated carbocycles. The SMILES string of the molecule is C=CCCCCOc1cccc(OCCCCC=C)c1-c1cccc(-c2c(OCCCCC=C)cc(CO)cc2OCCCCC=C)n1. The predicted molar refractivity (Wildman–Crippen MR) is 199 cm³/mol. The van der Waals surface area contributed by atoms with E-state index in [0.717, 1.165) is 111 Å². The number of hydrogen-bond donors (Lipinski definition) is 1. The molecule has 3 rings (SSSR count). The highest BCUT2D eigenvalue weighted by molar-refractivity contribution is 5.80. The summed E-state index contributed by atoms with van der Waals surface area (Å²) in [7, 11) is 0. The quantitative estimate of drug-likeness (QED) is 0.0652. The van der Waals surface area contributed by atoms with Crippen molar-refractivity contribution in [2.24, 2.45) is 0 Å². The molecule has 2 aromatic carbocycles. The Morgan fingerprint density at radius 1 is 0.500 bits per heavy atom. The molecule has 0 radical (unpaired) electrons. The standard InChI is InChI=1S/C42H55NO5/c1-5-9-13-17-27-45-37-25-22-26-38(46-28-18-14-10-6-2)41(37)35-23-21-24-36(43-35)42-39(47-29-19-15-11-7-3)31-34(33-44)32-40(42)48-30-20-16-12-8-4/h5-8,21-26,31-32,44H,1-4,9-20,27-30,33H2. The van der Waals surface area contributed by atoms with Gasteiger partial charge < -0.3 is 24.1 Å². The summed E-state index contributed by atoms with van der Waals surface area (Å²) in [5.74, 6) is 2.73. The van der Waals surface area contributed by atoms with Crippen molar-refractivity contribution in [1.82, 2.24) is 4.98 Å². The zero-order valence-corrected chi connectivity index (χ0v) is 28.8. The van der Waals surface area contributed by atoms with Crippen molar-refractivity contribution < 1.29 is 24.1 Å². The van der Waals surface area contributed by atoms with Gasteiger partial charge in [-0.1, -0.05) is 36.4 Å². The van der Waals surface area contributed by atoms with Crippen LogP contribution in [0.1, 0.15) is 82.6 Å². The molecule has 48 heavy (non-hydrogen) atoms. The fraction of sp³-hybridized carbons (Fsp3) is 0.405. The van der Waals surface area contributed by atoms with E-state index in [4.69, 9.17) is 23.9 Å². The molecular weight excluding hydrogens is 598 g/mol. The van der Waals surface area contributed by atoms with Gasteiger partial charge in [0.05, 0.1) is 55.5 Å². The maximum absolute atomic E-state index is 10.1. The van der Waals surface area contributed by atoms with Crippen molar-refractivity contribution in [1.29, 1.82) is 0 Å². The highest BCUT2D eigenvalue weighted by Crippen LogP contribution is 2.43. The fourth-order valence-electron chi connectivity index (χ4n) is 5.22. The molecule has 0 fully saturated rings. The third-order valence-corrected chi connectivity index (χ3v) is 7.80. The summed E-state index contributed by atoms with van der Waals surface area (Å²) in [6.45, 7) is 17.4. The van der Waals surface area contributed by atoms with Gasteiger partial charge in [-0.15, -0.1) is 26.3 Å². The summed E-state index contributed by atoms with van der Waals surface area (Å²) in [4.78, 5) is 5.21. The van der Waals surface area contributed by atoms with Gasteiger partial charge in [0.2, 0.25) is 0 Å². The van der Waals surface area contributed by atoms with Gasteiger partial charge in [-0.3, -0.25) is 0 Å². The van der Waals surface area contributed by atoms with Crippen LogP contribution in [0.3, 0.4) is 0 Å². The van der Waals surface area contributed by atoms with Crippen molar-refractivity contribution >= 4 is 0 Å². The number of allylic oxidation sites excluding steroid dienone is 4. The van der Waals surface area contributed by atoms with E-state index in [-0.39, 0.29) is 6.61 Å². The van der Waals surface area contributed by atoms with Crippen LogP contribution in [0.15, 0.2) is 99.2 Å². The number of rotatable bonds is 27. The Morgan fingerprint density at radius 2 is 0.854 bits per heavy atom. The number of ether oxygens (including phenoxy) is 4. The van der Waals surface area contributed by atoms with Gasteiger partial charge in [-0.25, -0.2) is 4.98 Å². The molecule has 0 spiro atoms. The van der Waals surface area contributed by atoms with Crippen LogP contribution in [0.25, 0.3) is 22.5 Å². The van der Waals surface area contributed by atoms with Gasteiger partial charge in [0.25, 0.3) is 0 Å². The van der Waals surface area contributed by atoms with Crippen LogP contribution >= 0.6 is 0 Å². The van der Waals surface area contributed by atoms with Gasteiger partial charge in [0.15, 0.2) is 0 Å². The Labute approximate surface area is 288 Å². The number of hydrogen-bond acceptors (Lipinski definition) is 6. The average molecular weight is 654 g/mol. The Bertz CT molecular complexity index is 1340. The van der Waals surface area contributed by atoms with E-state index in [2.05, 4.69) is 26.3 Å². The first-order chi connectivity index (χ1) is 23.7. The van der Waals surface area contributed by atoms with E-state index in [1.165, 1.54) is 0 Å². The minimum Gasteiger partial charge on any atom is -0.493 e. The van der Waals surface area contributed by atoms with Gasteiger partial charge in [0, 0.05) is 0 Å². The molecule has 0 saturated heterocycles. The lowest BCUT2D eigenvalue weighted by Gasteiger charge is -2.19. The van der Waals surface area contributed by atoms with Crippen LogP contribution < -0.4 is 18.9 Å². The van der Waals surface area contributed by atoms with Gasteiger partial charge >= 0.3 is 0 Å². The Balaban J connectivity index is 2.05. The van der Waals surface area contributed by atoms with Crippen molar-refractivity contribution in [2.75, 3.05) is 26.4 Å². The van der Waals surface area contributed by atoms with Gasteiger partial charge in [0.1, 0.15) is 23.0 Å². The smallest absolute Gasteiger partial charge is 0.132 e. The number of aliphatic hydroxyl groups excluding tert-OH is 1. The minimum atomic E-state index is -0.127. The molecule has 1 aromatic heterocycles. The molecule has 1 heterocycles. The first-order valence-electron chi connectivity index (χ1n) is 17.5. The number of nitrogens with zero attached hydrogens (tertiary/aromatic N) is 1. The number of unbranched alkanes of at least 4 members (excludes halogenated alkanes) is 8. The first kappa shape index (κ1) is 38.2. The zero-order valence-electron chi connectivity index (χ0n) is 28.8. The lowest BCUT2D eigenvalue weighted by molar-refractivity contribution is 0.273. The predicted octanol–water partition coefficient (Wildman–Crippen LogP) is 10.8. The molecule has 0 aliphatic heterocycles. The van der Waals surface area contributed by atoms with Crippen LogP contribution in [0.2, 0.25) is 0 Å². The molecule has 258 valence electrons. The fourth-order valence-corrected chi connectivity index (χ4v) is 5.22. The number of aliphatic hydroxyl groups is 1. The van der Waals surface area contributed by atoms with E-state index in [1.54, 1.807) is 0 Å². The van der Waals surface area contributed by atoms with E-state index >= 15 is 0 Å². The summed E-state index contributed by atoms with van der Waals surface area (Å²) >= 11 is 0. The van der Waals surface area contributed by atoms with Crippen LogP contribution in [0.5, 0.6) is 23.0 Å². The molecule has 6 heteroatoms. The van der Waals surface area contributed by atoms with Crippen molar-refractivity contribution in [3.63, 3.8) is 0 Å². The normalized spacial score (nSPS) is 10.7. The second-order valence-electron chi connectivity index (χ2n) is 11.7. The molecule has 0 aliphatic rings. The van der Waals surface area contributed by atoms with E-state index in [1.807, 2.05) is 72.8 Å². The molecule has 0 bridgehead atoms. The van der Waals surface area contributed by atoms with Gasteiger partial charge in [-0.2, -0.15) is 0 Å². The van der Waals surface area contributed by atoms with Gasteiger partial charge in [-0.05, 0) is 119 Å².